The van der Waals surface area contributed by atoms with Crippen LogP contribution in [0.2, 0.25) is 0 Å². The van der Waals surface area contributed by atoms with E-state index in [1.807, 2.05) is 36.3 Å². The molecule has 1 aliphatic rings. The summed E-state index contributed by atoms with van der Waals surface area (Å²) in [6.45, 7) is 6.86. The van der Waals surface area contributed by atoms with E-state index in [9.17, 15) is 0 Å². The minimum atomic E-state index is 0.165. The first-order chi connectivity index (χ1) is 10.7. The molecule has 1 aliphatic heterocycles. The molecule has 0 aliphatic carbocycles. The Hall–Kier alpha value is -1.72. The first-order valence-electron chi connectivity index (χ1n) is 7.88. The molecule has 0 unspecified atom stereocenters. The van der Waals surface area contributed by atoms with Gasteiger partial charge in [0.2, 0.25) is 0 Å². The van der Waals surface area contributed by atoms with E-state index in [-0.39, 0.29) is 6.10 Å². The van der Waals surface area contributed by atoms with Crippen LogP contribution in [0.25, 0.3) is 0 Å². The molecular formula is C17H24N4O. The molecule has 2 atom stereocenters. The number of nitrogens with zero attached hydrogens (tertiary/aromatic N) is 3. The summed E-state index contributed by atoms with van der Waals surface area (Å²) < 4.78 is 7.98. The maximum absolute atomic E-state index is 6.03. The molecule has 5 heteroatoms. The second kappa shape index (κ2) is 6.58. The number of pyridine rings is 1. The van der Waals surface area contributed by atoms with Crippen LogP contribution in [0.3, 0.4) is 0 Å². The molecule has 2 aromatic rings. The van der Waals surface area contributed by atoms with Crippen LogP contribution in [0.15, 0.2) is 24.5 Å². The SMILES string of the molecule is Cc1nn(C)c(C)c1[C@H]1OCC[C@@H]1CNCc1ccncc1. The van der Waals surface area contributed by atoms with Crippen molar-refractivity contribution < 1.29 is 4.74 Å². The number of ether oxygens (including phenoxy) is 1. The van der Waals surface area contributed by atoms with Crippen LogP contribution in [0, 0.1) is 19.8 Å². The van der Waals surface area contributed by atoms with Gasteiger partial charge in [0, 0.05) is 56.3 Å². The van der Waals surface area contributed by atoms with Crippen molar-refractivity contribution in [1.82, 2.24) is 20.1 Å². The zero-order valence-corrected chi connectivity index (χ0v) is 13.5. The van der Waals surface area contributed by atoms with Crippen LogP contribution in [0.1, 0.15) is 35.0 Å². The quantitative estimate of drug-likeness (QED) is 0.920. The van der Waals surface area contributed by atoms with Crippen LogP contribution in [-0.4, -0.2) is 27.9 Å². The summed E-state index contributed by atoms with van der Waals surface area (Å²) in [5.41, 5.74) is 4.84. The summed E-state index contributed by atoms with van der Waals surface area (Å²) in [7, 11) is 2.00. The van der Waals surface area contributed by atoms with E-state index >= 15 is 0 Å². The Labute approximate surface area is 131 Å². The highest BCUT2D eigenvalue weighted by molar-refractivity contribution is 5.28. The standard InChI is InChI=1S/C17H24N4O/c1-12-16(13(2)21(3)20-12)17-15(6-9-22-17)11-19-10-14-4-7-18-8-5-14/h4-5,7-8,15,17,19H,6,9-11H2,1-3H3/t15-,17+/m1/s1. The van der Waals surface area contributed by atoms with Gasteiger partial charge in [0.05, 0.1) is 11.8 Å². The van der Waals surface area contributed by atoms with Crippen molar-refractivity contribution in [3.8, 4) is 0 Å². The Morgan fingerprint density at radius 1 is 1.32 bits per heavy atom. The van der Waals surface area contributed by atoms with E-state index in [2.05, 4.69) is 29.2 Å². The van der Waals surface area contributed by atoms with Gasteiger partial charge in [0.25, 0.3) is 0 Å². The second-order valence-electron chi connectivity index (χ2n) is 6.03. The average molecular weight is 300 g/mol. The fraction of sp³-hybridized carbons (Fsp3) is 0.529. The van der Waals surface area contributed by atoms with E-state index in [1.165, 1.54) is 16.8 Å². The zero-order chi connectivity index (χ0) is 15.5. The molecule has 22 heavy (non-hydrogen) atoms. The molecule has 0 aromatic carbocycles. The Morgan fingerprint density at radius 2 is 2.09 bits per heavy atom. The summed E-state index contributed by atoms with van der Waals surface area (Å²) in [6, 6.07) is 4.09. The van der Waals surface area contributed by atoms with Crippen molar-refractivity contribution in [2.75, 3.05) is 13.2 Å². The monoisotopic (exact) mass is 300 g/mol. The van der Waals surface area contributed by atoms with Gasteiger partial charge >= 0.3 is 0 Å². The van der Waals surface area contributed by atoms with Gasteiger partial charge in [-0.1, -0.05) is 0 Å². The van der Waals surface area contributed by atoms with E-state index in [4.69, 9.17) is 4.74 Å². The van der Waals surface area contributed by atoms with Gasteiger partial charge in [0.15, 0.2) is 0 Å². The van der Waals surface area contributed by atoms with Crippen molar-refractivity contribution in [1.29, 1.82) is 0 Å². The third-order valence-corrected chi connectivity index (χ3v) is 4.55. The lowest BCUT2D eigenvalue weighted by molar-refractivity contribution is 0.0893. The van der Waals surface area contributed by atoms with Crippen LogP contribution in [0.4, 0.5) is 0 Å². The molecule has 1 saturated heterocycles. The smallest absolute Gasteiger partial charge is 0.0901 e. The predicted molar refractivity (Wildman–Crippen MR) is 85.4 cm³/mol. The molecule has 0 bridgehead atoms. The summed E-state index contributed by atoms with van der Waals surface area (Å²) in [6.07, 6.45) is 4.93. The largest absolute Gasteiger partial charge is 0.373 e. The maximum Gasteiger partial charge on any atom is 0.0901 e. The maximum atomic E-state index is 6.03. The van der Waals surface area contributed by atoms with E-state index in [1.54, 1.807) is 0 Å². The molecule has 0 saturated carbocycles. The number of aromatic nitrogens is 3. The molecule has 0 spiro atoms. The Balaban J connectivity index is 1.63. The second-order valence-corrected chi connectivity index (χ2v) is 6.03. The van der Waals surface area contributed by atoms with E-state index in [0.717, 1.165) is 31.8 Å². The van der Waals surface area contributed by atoms with E-state index < -0.39 is 0 Å². The molecule has 0 radical (unpaired) electrons. The topological polar surface area (TPSA) is 52.0 Å². The third kappa shape index (κ3) is 3.05. The van der Waals surface area contributed by atoms with Gasteiger partial charge in [-0.15, -0.1) is 0 Å². The predicted octanol–water partition coefficient (Wildman–Crippen LogP) is 2.30. The zero-order valence-electron chi connectivity index (χ0n) is 13.5. The fourth-order valence-corrected chi connectivity index (χ4v) is 3.27. The first-order valence-corrected chi connectivity index (χ1v) is 7.88. The van der Waals surface area contributed by atoms with Gasteiger partial charge in [-0.3, -0.25) is 9.67 Å². The lowest BCUT2D eigenvalue weighted by Gasteiger charge is -2.20. The number of rotatable bonds is 5. The van der Waals surface area contributed by atoms with Gasteiger partial charge in [-0.05, 0) is 38.0 Å². The third-order valence-electron chi connectivity index (χ3n) is 4.55. The van der Waals surface area contributed by atoms with Crippen LogP contribution >= 0.6 is 0 Å². The molecule has 118 valence electrons. The highest BCUT2D eigenvalue weighted by Crippen LogP contribution is 2.37. The minimum Gasteiger partial charge on any atom is -0.373 e. The summed E-state index contributed by atoms with van der Waals surface area (Å²) in [4.78, 5) is 4.05. The number of hydrogen-bond acceptors (Lipinski definition) is 4. The van der Waals surface area contributed by atoms with Crippen LogP contribution < -0.4 is 5.32 Å². The van der Waals surface area contributed by atoms with E-state index in [0.29, 0.717) is 5.92 Å². The molecule has 5 nitrogen and oxygen atoms in total. The average Bonchev–Trinajstić information content (AvgIpc) is 3.05. The van der Waals surface area contributed by atoms with Gasteiger partial charge in [0.1, 0.15) is 0 Å². The van der Waals surface area contributed by atoms with Crippen molar-refractivity contribution in [3.63, 3.8) is 0 Å². The lowest BCUT2D eigenvalue weighted by atomic mass is 9.94. The molecule has 0 amide bonds. The molecule has 2 aromatic heterocycles. The highest BCUT2D eigenvalue weighted by atomic mass is 16.5. The van der Waals surface area contributed by atoms with Gasteiger partial charge < -0.3 is 10.1 Å². The van der Waals surface area contributed by atoms with Gasteiger partial charge in [-0.2, -0.15) is 5.10 Å². The molecule has 3 heterocycles. The fourth-order valence-electron chi connectivity index (χ4n) is 3.27. The molecular weight excluding hydrogens is 276 g/mol. The summed E-state index contributed by atoms with van der Waals surface area (Å²) >= 11 is 0. The highest BCUT2D eigenvalue weighted by Gasteiger charge is 2.33. The molecule has 3 rings (SSSR count). The van der Waals surface area contributed by atoms with Crippen molar-refractivity contribution in [2.24, 2.45) is 13.0 Å². The van der Waals surface area contributed by atoms with Gasteiger partial charge in [-0.25, -0.2) is 0 Å². The number of aryl methyl sites for hydroxylation is 2. The van der Waals surface area contributed by atoms with Crippen LogP contribution in [0.5, 0.6) is 0 Å². The number of nitrogens with one attached hydrogen (secondary N) is 1. The Kier molecular flexibility index (Phi) is 4.55. The molecule has 1 N–H and O–H groups in total. The van der Waals surface area contributed by atoms with Crippen molar-refractivity contribution in [2.45, 2.75) is 32.9 Å². The number of hydrogen-bond donors (Lipinski definition) is 1. The Morgan fingerprint density at radius 3 is 2.77 bits per heavy atom. The first kappa shape index (κ1) is 15.2. The van der Waals surface area contributed by atoms with Crippen LogP contribution in [-0.2, 0) is 18.3 Å². The Bertz CT molecular complexity index is 623. The van der Waals surface area contributed by atoms with Crippen molar-refractivity contribution in [3.05, 3.63) is 47.0 Å². The summed E-state index contributed by atoms with van der Waals surface area (Å²) in [5.74, 6) is 0.503. The van der Waals surface area contributed by atoms with Crippen molar-refractivity contribution >= 4 is 0 Å². The minimum absolute atomic E-state index is 0.165. The normalized spacial score (nSPS) is 21.4. The summed E-state index contributed by atoms with van der Waals surface area (Å²) in [5, 5.41) is 8.08. The molecule has 1 fully saturated rings. The lowest BCUT2D eigenvalue weighted by Crippen LogP contribution is -2.25.